The van der Waals surface area contributed by atoms with E-state index in [4.69, 9.17) is 0 Å². The van der Waals surface area contributed by atoms with E-state index in [1.54, 1.807) is 0 Å². The second-order valence-corrected chi connectivity index (χ2v) is 22.7. The summed E-state index contributed by atoms with van der Waals surface area (Å²) >= 11 is 10.6. The number of fused-ring (bicyclic) bond motifs is 12. The molecule has 0 bridgehead atoms. The van der Waals surface area contributed by atoms with Crippen molar-refractivity contribution in [3.05, 3.63) is 331 Å². The molecule has 370 valence electrons. The van der Waals surface area contributed by atoms with Gasteiger partial charge >= 0.3 is 0 Å². The summed E-state index contributed by atoms with van der Waals surface area (Å²) in [4.78, 5) is 0. The van der Waals surface area contributed by atoms with Crippen molar-refractivity contribution in [2.75, 3.05) is 0 Å². The molecule has 14 aromatic carbocycles. The van der Waals surface area contributed by atoms with Crippen LogP contribution in [0.15, 0.2) is 286 Å². The minimum Gasteiger partial charge on any atom is -0.0616 e. The molecule has 0 atom stereocenters. The van der Waals surface area contributed by atoms with E-state index < -0.39 is 0 Å². The van der Waals surface area contributed by atoms with Crippen molar-refractivity contribution < 1.29 is 0 Å². The molecule has 0 spiro atoms. The fraction of sp³-hybridized carbons (Fsp3) is 0. The van der Waals surface area contributed by atoms with Crippen LogP contribution in [0, 0.1) is 11.8 Å². The highest BCUT2D eigenvalue weighted by molar-refractivity contribution is 9.13. The van der Waals surface area contributed by atoms with E-state index in [9.17, 15) is 0 Å². The van der Waals surface area contributed by atoms with Gasteiger partial charge in [-0.25, -0.2) is 0 Å². The van der Waals surface area contributed by atoms with Gasteiger partial charge in [0.1, 0.15) is 0 Å². The van der Waals surface area contributed by atoms with Crippen LogP contribution in [0.3, 0.4) is 0 Å². The van der Waals surface area contributed by atoms with Gasteiger partial charge in [0.25, 0.3) is 0 Å². The van der Waals surface area contributed by atoms with Crippen LogP contribution in [-0.2, 0) is 0 Å². The van der Waals surface area contributed by atoms with Gasteiger partial charge in [0.15, 0.2) is 0 Å². The van der Waals surface area contributed by atoms with Crippen LogP contribution in [0.2, 0.25) is 0 Å². The van der Waals surface area contributed by atoms with Crippen molar-refractivity contribution in [1.82, 2.24) is 0 Å². The van der Waals surface area contributed by atoms with E-state index >= 15 is 0 Å². The van der Waals surface area contributed by atoms with E-state index in [-0.39, 0.29) is 0 Å². The highest BCUT2D eigenvalue weighted by Gasteiger charge is 2.39. The van der Waals surface area contributed by atoms with Crippen LogP contribution >= 0.6 is 47.8 Å². The van der Waals surface area contributed by atoms with Crippen LogP contribution < -0.4 is 0 Å². The molecule has 0 heterocycles. The number of halogens is 3. The quantitative estimate of drug-likeness (QED) is 0.151. The monoisotopic (exact) mass is 1190 g/mol. The van der Waals surface area contributed by atoms with Gasteiger partial charge in [0.05, 0.1) is 0 Å². The number of allylic oxidation sites excluding steroid dienone is 2. The molecule has 2 aliphatic carbocycles. The molecule has 0 N–H and O–H groups in total. The Morgan fingerprint density at radius 3 is 0.886 bits per heavy atom. The molecule has 0 unspecified atom stereocenters. The minimum absolute atomic E-state index is 1.01. The number of benzene rings is 14. The molecule has 79 heavy (non-hydrogen) atoms. The van der Waals surface area contributed by atoms with E-state index in [0.29, 0.717) is 0 Å². The molecule has 0 nitrogen and oxygen atoms in total. The van der Waals surface area contributed by atoms with E-state index in [0.717, 1.165) is 24.5 Å². The summed E-state index contributed by atoms with van der Waals surface area (Å²) < 4.78 is 3.23. The smallest absolute Gasteiger partial charge is 0.0397 e. The normalized spacial score (nSPS) is 12.3. The lowest BCUT2D eigenvalue weighted by Crippen LogP contribution is -1.95. The predicted molar refractivity (Wildman–Crippen MR) is 349 cm³/mol. The van der Waals surface area contributed by atoms with Gasteiger partial charge in [-0.05, 0) is 233 Å². The highest BCUT2D eigenvalue weighted by atomic mass is 79.9. The molecule has 0 fully saturated rings. The SMILES string of the molecule is Brc1cc2ccccc2cc1Br.Brc1cc2ccccc2cc1C#Cc1cccc2ccccc12.c1ccc2cc3c(cc2c1)C1=C(c2cccc4ccccc24)c2cc4ccccc4cc2C1=C3c1cccc2ccccc12. The van der Waals surface area contributed by atoms with E-state index in [1.807, 2.05) is 12.1 Å². The Balaban J connectivity index is 0.000000133. The van der Waals surface area contributed by atoms with Crippen molar-refractivity contribution >= 4 is 145 Å². The maximum atomic E-state index is 3.64. The van der Waals surface area contributed by atoms with Gasteiger partial charge in [0.2, 0.25) is 0 Å². The van der Waals surface area contributed by atoms with Gasteiger partial charge in [-0.15, -0.1) is 0 Å². The molecule has 3 heteroatoms. The van der Waals surface area contributed by atoms with Crippen LogP contribution in [0.5, 0.6) is 0 Å². The molecule has 16 rings (SSSR count). The standard InChI is InChI=1S/C44H26.C22H13Br.C10H6Br2/c1-3-15-31-25-39-37(23-29(31)13-1)41(35-21-9-17-27-11-5-7-19-33(27)35)44-40-26-32-16-4-2-14-30(32)24-38(40)42(43(39)44)36-22-10-18-28-12-6-8-20-34(28)36;23-22-15-19-8-2-1-7-18(19)14-20(22)13-12-17-10-5-9-16-6-3-4-11-21(16)17;11-9-5-7-3-1-2-4-8(7)6-10(9)12/h1-26H;1-11,14-15H;1-6H. The third-order valence-electron chi connectivity index (χ3n) is 15.5. The zero-order chi connectivity index (χ0) is 53.0. The molecule has 14 aromatic rings. The summed E-state index contributed by atoms with van der Waals surface area (Å²) in [7, 11) is 0. The Labute approximate surface area is 484 Å². The molecule has 0 saturated heterocycles. The number of rotatable bonds is 2. The first kappa shape index (κ1) is 48.7. The summed E-state index contributed by atoms with van der Waals surface area (Å²) in [6.45, 7) is 0. The summed E-state index contributed by atoms with van der Waals surface area (Å²) in [5, 5.41) is 17.6. The Hall–Kier alpha value is -8.62. The minimum atomic E-state index is 1.01. The molecule has 0 aromatic heterocycles. The fourth-order valence-corrected chi connectivity index (χ4v) is 13.0. The Kier molecular flexibility index (Phi) is 12.7. The lowest BCUT2D eigenvalue weighted by Gasteiger charge is -2.16. The summed E-state index contributed by atoms with van der Waals surface area (Å²) in [5.74, 6) is 6.65. The van der Waals surface area contributed by atoms with Gasteiger partial charge in [-0.2, -0.15) is 0 Å². The topological polar surface area (TPSA) is 0 Å². The van der Waals surface area contributed by atoms with Crippen LogP contribution in [0.4, 0.5) is 0 Å². The molecule has 0 aliphatic heterocycles. The largest absolute Gasteiger partial charge is 0.0616 e. The molecule has 0 saturated carbocycles. The summed E-state index contributed by atoms with van der Waals surface area (Å²) in [6, 6.07) is 98.2. The van der Waals surface area contributed by atoms with Crippen molar-refractivity contribution in [3.63, 3.8) is 0 Å². The number of hydrogen-bond acceptors (Lipinski definition) is 0. The molecule has 2 aliphatic rings. The summed E-state index contributed by atoms with van der Waals surface area (Å²) in [6.07, 6.45) is 0. The van der Waals surface area contributed by atoms with Crippen molar-refractivity contribution in [2.45, 2.75) is 0 Å². The first-order valence-corrected chi connectivity index (χ1v) is 28.8. The lowest BCUT2D eigenvalue weighted by molar-refractivity contribution is 1.57. The maximum Gasteiger partial charge on any atom is 0.0397 e. The van der Waals surface area contributed by atoms with Crippen molar-refractivity contribution in [1.29, 1.82) is 0 Å². The average molecular weight is 1200 g/mol. The van der Waals surface area contributed by atoms with Gasteiger partial charge in [-0.3, -0.25) is 0 Å². The first-order valence-electron chi connectivity index (χ1n) is 26.5. The lowest BCUT2D eigenvalue weighted by atomic mass is 9.87. The Morgan fingerprint density at radius 1 is 0.190 bits per heavy atom. The third-order valence-corrected chi connectivity index (χ3v) is 18.0. The van der Waals surface area contributed by atoms with Crippen LogP contribution in [0.25, 0.3) is 97.7 Å². The average Bonchev–Trinajstić information content (AvgIpc) is 3.22. The second-order valence-electron chi connectivity index (χ2n) is 20.1. The van der Waals surface area contributed by atoms with Crippen molar-refractivity contribution in [2.24, 2.45) is 0 Å². The van der Waals surface area contributed by atoms with E-state index in [1.165, 1.54) is 131 Å². The molecule has 0 amide bonds. The second kappa shape index (κ2) is 20.6. The van der Waals surface area contributed by atoms with Crippen molar-refractivity contribution in [3.8, 4) is 11.8 Å². The molecular weight excluding hydrogens is 1150 g/mol. The fourth-order valence-electron chi connectivity index (χ4n) is 11.8. The molecule has 0 radical (unpaired) electrons. The van der Waals surface area contributed by atoms with E-state index in [2.05, 4.69) is 320 Å². The zero-order valence-corrected chi connectivity index (χ0v) is 47.4. The maximum absolute atomic E-state index is 3.64. The molecular formula is C76H45Br3. The zero-order valence-electron chi connectivity index (χ0n) is 42.6. The van der Waals surface area contributed by atoms with Gasteiger partial charge < -0.3 is 0 Å². The summed E-state index contributed by atoms with van der Waals surface area (Å²) in [5.41, 5.74) is 15.3. The Morgan fingerprint density at radius 2 is 0.468 bits per heavy atom. The highest BCUT2D eigenvalue weighted by Crippen LogP contribution is 2.60. The van der Waals surface area contributed by atoms with Crippen LogP contribution in [-0.4, -0.2) is 0 Å². The predicted octanol–water partition coefficient (Wildman–Crippen LogP) is 22.1. The number of hydrogen-bond donors (Lipinski definition) is 0. The third kappa shape index (κ3) is 8.97. The Bertz CT molecular complexity index is 4710. The first-order chi connectivity index (χ1) is 38.9. The van der Waals surface area contributed by atoms with Gasteiger partial charge in [-0.1, -0.05) is 230 Å². The van der Waals surface area contributed by atoms with Crippen LogP contribution in [0.1, 0.15) is 44.5 Å². The van der Waals surface area contributed by atoms with Gasteiger partial charge in [0, 0.05) is 24.5 Å².